The van der Waals surface area contributed by atoms with Gasteiger partial charge in [-0.05, 0) is 44.7 Å². The number of nitrogens with zero attached hydrogens (tertiary/aromatic N) is 1. The van der Waals surface area contributed by atoms with Crippen LogP contribution in [0.1, 0.15) is 37.1 Å². The van der Waals surface area contributed by atoms with Crippen LogP contribution in [0.15, 0.2) is 17.5 Å². The average Bonchev–Trinajstić information content (AvgIpc) is 2.83. The molecule has 1 aliphatic rings. The lowest BCUT2D eigenvalue weighted by molar-refractivity contribution is -0.00693. The summed E-state index contributed by atoms with van der Waals surface area (Å²) in [4.78, 5) is 3.85. The van der Waals surface area contributed by atoms with E-state index in [0.717, 1.165) is 13.2 Å². The number of thiophene rings is 1. The Morgan fingerprint density at radius 1 is 1.56 bits per heavy atom. The molecule has 90 valence electrons. The molecule has 0 amide bonds. The topological polar surface area (TPSA) is 12.5 Å². The average molecular weight is 239 g/mol. The molecule has 0 spiro atoms. The molecule has 0 bridgehead atoms. The van der Waals surface area contributed by atoms with Crippen molar-refractivity contribution in [3.05, 3.63) is 22.4 Å². The van der Waals surface area contributed by atoms with E-state index in [1.54, 1.807) is 0 Å². The van der Waals surface area contributed by atoms with Crippen molar-refractivity contribution in [3.8, 4) is 0 Å². The van der Waals surface area contributed by atoms with Crippen LogP contribution in [0.25, 0.3) is 0 Å². The van der Waals surface area contributed by atoms with Crippen LogP contribution in [-0.2, 0) is 4.74 Å². The van der Waals surface area contributed by atoms with Crippen molar-refractivity contribution >= 4 is 11.3 Å². The van der Waals surface area contributed by atoms with Crippen LogP contribution in [0.4, 0.5) is 0 Å². The summed E-state index contributed by atoms with van der Waals surface area (Å²) >= 11 is 1.84. The van der Waals surface area contributed by atoms with Crippen molar-refractivity contribution < 1.29 is 4.74 Å². The van der Waals surface area contributed by atoms with Gasteiger partial charge in [-0.15, -0.1) is 11.3 Å². The number of ether oxygens (including phenoxy) is 1. The maximum absolute atomic E-state index is 5.78. The molecular weight excluding hydrogens is 218 g/mol. The molecule has 0 aliphatic carbocycles. The summed E-state index contributed by atoms with van der Waals surface area (Å²) in [5.41, 5.74) is 0. The number of hydrogen-bond acceptors (Lipinski definition) is 3. The third-order valence-corrected chi connectivity index (χ3v) is 4.42. The molecule has 2 heterocycles. The predicted molar refractivity (Wildman–Crippen MR) is 69.0 cm³/mol. The van der Waals surface area contributed by atoms with Gasteiger partial charge in [0.1, 0.15) is 0 Å². The van der Waals surface area contributed by atoms with Gasteiger partial charge in [0.25, 0.3) is 0 Å². The van der Waals surface area contributed by atoms with Gasteiger partial charge in [-0.1, -0.05) is 6.07 Å². The standard InChI is InChI=1S/C13H21NOS/c1-11(13-7-5-9-16-13)14(2)10-12-6-3-4-8-15-12/h5,7,9,11-12H,3-4,6,8,10H2,1-2H3. The van der Waals surface area contributed by atoms with Crippen molar-refractivity contribution in [1.82, 2.24) is 4.90 Å². The summed E-state index contributed by atoms with van der Waals surface area (Å²) in [5.74, 6) is 0. The fourth-order valence-electron chi connectivity index (χ4n) is 2.18. The van der Waals surface area contributed by atoms with Crippen molar-refractivity contribution in [3.63, 3.8) is 0 Å². The lowest BCUT2D eigenvalue weighted by Gasteiger charge is -2.30. The maximum atomic E-state index is 5.78. The monoisotopic (exact) mass is 239 g/mol. The summed E-state index contributed by atoms with van der Waals surface area (Å²) in [6.45, 7) is 4.28. The lowest BCUT2D eigenvalue weighted by atomic mass is 10.1. The minimum absolute atomic E-state index is 0.446. The Morgan fingerprint density at radius 3 is 3.06 bits per heavy atom. The Labute approximate surface area is 102 Å². The second-order valence-electron chi connectivity index (χ2n) is 4.62. The third-order valence-electron chi connectivity index (χ3n) is 3.38. The van der Waals surface area contributed by atoms with Crippen LogP contribution in [0.2, 0.25) is 0 Å². The first-order valence-electron chi connectivity index (χ1n) is 6.12. The predicted octanol–water partition coefficient (Wildman–Crippen LogP) is 3.31. The van der Waals surface area contributed by atoms with E-state index in [0.29, 0.717) is 12.1 Å². The van der Waals surface area contributed by atoms with E-state index in [1.165, 1.54) is 24.1 Å². The Morgan fingerprint density at radius 2 is 2.44 bits per heavy atom. The summed E-state index contributed by atoms with van der Waals surface area (Å²) in [7, 11) is 2.20. The first kappa shape index (κ1) is 12.1. The van der Waals surface area contributed by atoms with Crippen LogP contribution in [-0.4, -0.2) is 31.2 Å². The van der Waals surface area contributed by atoms with Gasteiger partial charge in [-0.25, -0.2) is 0 Å². The molecular formula is C13H21NOS. The van der Waals surface area contributed by atoms with Gasteiger partial charge in [-0.2, -0.15) is 0 Å². The van der Waals surface area contributed by atoms with Gasteiger partial charge in [-0.3, -0.25) is 4.90 Å². The van der Waals surface area contributed by atoms with Gasteiger partial charge in [0, 0.05) is 24.1 Å². The van der Waals surface area contributed by atoms with Crippen LogP contribution >= 0.6 is 11.3 Å². The third kappa shape index (κ3) is 3.06. The van der Waals surface area contributed by atoms with Crippen LogP contribution in [0.3, 0.4) is 0 Å². The number of likely N-dealkylation sites (N-methyl/N-ethyl adjacent to an activating group) is 1. The summed E-state index contributed by atoms with van der Waals surface area (Å²) in [5, 5.41) is 2.15. The molecule has 3 heteroatoms. The second-order valence-corrected chi connectivity index (χ2v) is 5.60. The van der Waals surface area contributed by atoms with Crippen LogP contribution in [0, 0.1) is 0 Å². The van der Waals surface area contributed by atoms with Gasteiger partial charge < -0.3 is 4.74 Å². The molecule has 1 saturated heterocycles. The summed E-state index contributed by atoms with van der Waals surface area (Å²) in [6.07, 6.45) is 4.23. The fourth-order valence-corrected chi connectivity index (χ4v) is 3.03. The summed E-state index contributed by atoms with van der Waals surface area (Å²) < 4.78 is 5.78. The van der Waals surface area contributed by atoms with Crippen molar-refractivity contribution in [2.24, 2.45) is 0 Å². The van der Waals surface area contributed by atoms with E-state index >= 15 is 0 Å². The highest BCUT2D eigenvalue weighted by molar-refractivity contribution is 7.10. The summed E-state index contributed by atoms with van der Waals surface area (Å²) in [6, 6.07) is 4.85. The molecule has 2 rings (SSSR count). The molecule has 0 radical (unpaired) electrons. The second kappa shape index (κ2) is 5.80. The van der Waals surface area contributed by atoms with E-state index in [2.05, 4.69) is 36.4 Å². The molecule has 2 unspecified atom stereocenters. The normalized spacial score (nSPS) is 23.6. The zero-order chi connectivity index (χ0) is 11.4. The van der Waals surface area contributed by atoms with E-state index in [9.17, 15) is 0 Å². The SMILES string of the molecule is CC(c1cccs1)N(C)CC1CCCCO1. The van der Waals surface area contributed by atoms with Crippen LogP contribution in [0.5, 0.6) is 0 Å². The molecule has 1 aromatic rings. The van der Waals surface area contributed by atoms with Gasteiger partial charge >= 0.3 is 0 Å². The molecule has 2 atom stereocenters. The molecule has 1 aromatic heterocycles. The Hall–Kier alpha value is -0.380. The molecule has 1 fully saturated rings. The maximum Gasteiger partial charge on any atom is 0.0702 e. The Balaban J connectivity index is 1.84. The molecule has 0 N–H and O–H groups in total. The fraction of sp³-hybridized carbons (Fsp3) is 0.692. The largest absolute Gasteiger partial charge is 0.377 e. The van der Waals surface area contributed by atoms with E-state index < -0.39 is 0 Å². The van der Waals surface area contributed by atoms with Crippen LogP contribution < -0.4 is 0 Å². The smallest absolute Gasteiger partial charge is 0.0702 e. The van der Waals surface area contributed by atoms with E-state index in [-0.39, 0.29) is 0 Å². The van der Waals surface area contributed by atoms with Gasteiger partial charge in [0.2, 0.25) is 0 Å². The highest BCUT2D eigenvalue weighted by Gasteiger charge is 2.19. The van der Waals surface area contributed by atoms with Gasteiger partial charge in [0.05, 0.1) is 6.10 Å². The Kier molecular flexibility index (Phi) is 4.38. The highest BCUT2D eigenvalue weighted by Crippen LogP contribution is 2.24. The molecule has 0 saturated carbocycles. The van der Waals surface area contributed by atoms with Crippen molar-refractivity contribution in [1.29, 1.82) is 0 Å². The van der Waals surface area contributed by atoms with E-state index in [1.807, 2.05) is 11.3 Å². The first-order valence-corrected chi connectivity index (χ1v) is 7.00. The Bertz CT molecular complexity index is 293. The zero-order valence-electron chi connectivity index (χ0n) is 10.2. The van der Waals surface area contributed by atoms with E-state index in [4.69, 9.17) is 4.74 Å². The minimum atomic E-state index is 0.446. The lowest BCUT2D eigenvalue weighted by Crippen LogP contribution is -2.34. The number of rotatable bonds is 4. The number of hydrogen-bond donors (Lipinski definition) is 0. The molecule has 1 aliphatic heterocycles. The van der Waals surface area contributed by atoms with Crippen molar-refractivity contribution in [2.45, 2.75) is 38.3 Å². The highest BCUT2D eigenvalue weighted by atomic mass is 32.1. The quantitative estimate of drug-likeness (QED) is 0.799. The molecule has 0 aromatic carbocycles. The molecule has 2 nitrogen and oxygen atoms in total. The minimum Gasteiger partial charge on any atom is -0.377 e. The first-order chi connectivity index (χ1) is 7.77. The molecule has 16 heavy (non-hydrogen) atoms. The van der Waals surface area contributed by atoms with Crippen molar-refractivity contribution in [2.75, 3.05) is 20.2 Å². The zero-order valence-corrected chi connectivity index (χ0v) is 11.0. The van der Waals surface area contributed by atoms with Gasteiger partial charge in [0.15, 0.2) is 0 Å².